The molecule has 2 atom stereocenters. The Kier molecular flexibility index (Phi) is 9.10. The Bertz CT molecular complexity index is 874. The number of ether oxygens (including phenoxy) is 1. The van der Waals surface area contributed by atoms with Crippen LogP contribution in [0.2, 0.25) is 0 Å². The molecule has 8 heteroatoms. The highest BCUT2D eigenvalue weighted by atomic mass is 127. The summed E-state index contributed by atoms with van der Waals surface area (Å²) in [6.45, 7) is 3.68. The van der Waals surface area contributed by atoms with Gasteiger partial charge < -0.3 is 21.1 Å². The van der Waals surface area contributed by atoms with Crippen LogP contribution in [-0.4, -0.2) is 30.0 Å². The fourth-order valence-corrected chi connectivity index (χ4v) is 3.42. The molecule has 2 aromatic carbocycles. The molecule has 2 rings (SSSR count). The predicted molar refractivity (Wildman–Crippen MR) is 122 cm³/mol. The summed E-state index contributed by atoms with van der Waals surface area (Å²) in [5.74, 6) is -1.35. The smallest absolute Gasteiger partial charge is 0.408 e. The number of halogens is 1. The molecule has 0 radical (unpaired) electrons. The fourth-order valence-electron chi connectivity index (χ4n) is 2.81. The number of hydrogen-bond acceptors (Lipinski definition) is 4. The molecule has 0 saturated heterocycles. The van der Waals surface area contributed by atoms with Gasteiger partial charge in [0.2, 0.25) is 11.8 Å². The number of hydrogen-bond donors (Lipinski definition) is 3. The van der Waals surface area contributed by atoms with E-state index in [0.717, 1.165) is 14.7 Å². The average Bonchev–Trinajstić information content (AvgIpc) is 2.70. The lowest BCUT2D eigenvalue weighted by molar-refractivity contribution is -0.129. The standard InChI is InChI=1S/C22H26IN3O4/c1-14(2)19(26-22(29)30-13-15-7-4-3-5-8-15)21(28)25-18(20(24)27)12-16-9-6-10-17(23)11-16/h3-11,14,18-19H,12-13H2,1-2H3,(H2,24,27)(H,25,28)(H,26,29)/t18-,19+/m0/s1. The van der Waals surface area contributed by atoms with Crippen molar-refractivity contribution in [3.05, 3.63) is 69.3 Å². The van der Waals surface area contributed by atoms with Crippen molar-refractivity contribution in [1.82, 2.24) is 10.6 Å². The first-order valence-electron chi connectivity index (χ1n) is 9.57. The van der Waals surface area contributed by atoms with Crippen LogP contribution in [0.4, 0.5) is 4.79 Å². The maximum absolute atomic E-state index is 12.8. The molecule has 0 aliphatic heterocycles. The minimum absolute atomic E-state index is 0.0929. The summed E-state index contributed by atoms with van der Waals surface area (Å²) in [7, 11) is 0. The van der Waals surface area contributed by atoms with E-state index < -0.39 is 30.0 Å². The molecule has 30 heavy (non-hydrogen) atoms. The fraction of sp³-hybridized carbons (Fsp3) is 0.318. The second-order valence-electron chi connectivity index (χ2n) is 7.23. The Morgan fingerprint density at radius 3 is 2.27 bits per heavy atom. The third-order valence-corrected chi connectivity index (χ3v) is 5.10. The zero-order valence-corrected chi connectivity index (χ0v) is 19.1. The second kappa shape index (κ2) is 11.5. The first-order valence-corrected chi connectivity index (χ1v) is 10.7. The molecule has 0 aliphatic rings. The van der Waals surface area contributed by atoms with Crippen molar-refractivity contribution >= 4 is 40.5 Å². The van der Waals surface area contributed by atoms with Gasteiger partial charge in [-0.15, -0.1) is 0 Å². The Labute approximate surface area is 189 Å². The number of carbonyl (C=O) groups is 3. The molecule has 160 valence electrons. The highest BCUT2D eigenvalue weighted by Gasteiger charge is 2.28. The largest absolute Gasteiger partial charge is 0.445 e. The van der Waals surface area contributed by atoms with Gasteiger partial charge >= 0.3 is 6.09 Å². The van der Waals surface area contributed by atoms with Gasteiger partial charge in [0, 0.05) is 9.99 Å². The first kappa shape index (κ1) is 23.7. The third kappa shape index (κ3) is 7.66. The lowest BCUT2D eigenvalue weighted by atomic mass is 10.0. The maximum atomic E-state index is 12.8. The minimum atomic E-state index is -0.890. The minimum Gasteiger partial charge on any atom is -0.445 e. The Morgan fingerprint density at radius 2 is 1.67 bits per heavy atom. The molecule has 0 unspecified atom stereocenters. The summed E-state index contributed by atoms with van der Waals surface area (Å²) in [5.41, 5.74) is 7.21. The van der Waals surface area contributed by atoms with Crippen molar-refractivity contribution in [3.8, 4) is 0 Å². The number of amides is 3. The highest BCUT2D eigenvalue weighted by Crippen LogP contribution is 2.11. The van der Waals surface area contributed by atoms with Crippen LogP contribution in [0.3, 0.4) is 0 Å². The number of nitrogens with one attached hydrogen (secondary N) is 2. The Balaban J connectivity index is 1.98. The Morgan fingerprint density at radius 1 is 1.00 bits per heavy atom. The number of primary amides is 1. The zero-order chi connectivity index (χ0) is 22.1. The van der Waals surface area contributed by atoms with Crippen molar-refractivity contribution in [1.29, 1.82) is 0 Å². The summed E-state index contributed by atoms with van der Waals surface area (Å²) >= 11 is 2.17. The van der Waals surface area contributed by atoms with E-state index >= 15 is 0 Å². The van der Waals surface area contributed by atoms with Crippen LogP contribution in [0.15, 0.2) is 54.6 Å². The van der Waals surface area contributed by atoms with E-state index in [2.05, 4.69) is 33.2 Å². The van der Waals surface area contributed by atoms with Crippen LogP contribution in [0.25, 0.3) is 0 Å². The van der Waals surface area contributed by atoms with Gasteiger partial charge in [-0.25, -0.2) is 4.79 Å². The van der Waals surface area contributed by atoms with E-state index in [0.29, 0.717) is 0 Å². The van der Waals surface area contributed by atoms with E-state index in [1.165, 1.54) is 0 Å². The van der Waals surface area contributed by atoms with Crippen LogP contribution in [0.1, 0.15) is 25.0 Å². The van der Waals surface area contributed by atoms with Crippen molar-refractivity contribution in [2.45, 2.75) is 39.0 Å². The van der Waals surface area contributed by atoms with Gasteiger partial charge in [0.05, 0.1) is 0 Å². The van der Waals surface area contributed by atoms with Crippen LogP contribution in [0.5, 0.6) is 0 Å². The van der Waals surface area contributed by atoms with E-state index in [4.69, 9.17) is 10.5 Å². The molecule has 0 aliphatic carbocycles. The SMILES string of the molecule is CC(C)[C@@H](NC(=O)OCc1ccccc1)C(=O)N[C@@H](Cc1cccc(I)c1)C(N)=O. The lowest BCUT2D eigenvalue weighted by Crippen LogP contribution is -2.55. The number of alkyl carbamates (subject to hydrolysis) is 1. The lowest BCUT2D eigenvalue weighted by Gasteiger charge is -2.24. The molecule has 0 spiro atoms. The summed E-state index contributed by atoms with van der Waals surface area (Å²) in [4.78, 5) is 36.8. The second-order valence-corrected chi connectivity index (χ2v) is 8.47. The van der Waals surface area contributed by atoms with E-state index in [9.17, 15) is 14.4 Å². The zero-order valence-electron chi connectivity index (χ0n) is 16.9. The summed E-state index contributed by atoms with van der Waals surface area (Å²) in [6, 6.07) is 15.1. The monoisotopic (exact) mass is 523 g/mol. The van der Waals surface area contributed by atoms with E-state index in [1.54, 1.807) is 13.8 Å². The molecule has 0 saturated carbocycles. The van der Waals surface area contributed by atoms with Gasteiger partial charge in [-0.2, -0.15) is 0 Å². The number of carbonyl (C=O) groups excluding carboxylic acids is 3. The van der Waals surface area contributed by atoms with Crippen molar-refractivity contribution in [2.24, 2.45) is 11.7 Å². The van der Waals surface area contributed by atoms with Gasteiger partial charge in [-0.1, -0.05) is 56.3 Å². The molecule has 0 bridgehead atoms. The van der Waals surface area contributed by atoms with Crippen LogP contribution in [0, 0.1) is 9.49 Å². The van der Waals surface area contributed by atoms with Crippen LogP contribution >= 0.6 is 22.6 Å². The summed E-state index contributed by atoms with van der Waals surface area (Å²) < 4.78 is 6.21. The van der Waals surface area contributed by atoms with Gasteiger partial charge in [0.15, 0.2) is 0 Å². The summed E-state index contributed by atoms with van der Waals surface area (Å²) in [5, 5.41) is 5.24. The normalized spacial score (nSPS) is 12.7. The quantitative estimate of drug-likeness (QED) is 0.439. The Hall–Kier alpha value is -2.62. The maximum Gasteiger partial charge on any atom is 0.408 e. The number of rotatable bonds is 9. The molecule has 7 nitrogen and oxygen atoms in total. The number of nitrogens with two attached hydrogens (primary N) is 1. The topological polar surface area (TPSA) is 111 Å². The van der Waals surface area contributed by atoms with Gasteiger partial charge in [0.25, 0.3) is 0 Å². The predicted octanol–water partition coefficient (Wildman–Crippen LogP) is 2.75. The number of benzene rings is 2. The molecule has 0 aromatic heterocycles. The van der Waals surface area contributed by atoms with Crippen molar-refractivity contribution in [3.63, 3.8) is 0 Å². The first-order chi connectivity index (χ1) is 14.3. The third-order valence-electron chi connectivity index (χ3n) is 4.42. The molecule has 4 N–H and O–H groups in total. The van der Waals surface area contributed by atoms with Crippen LogP contribution < -0.4 is 16.4 Å². The van der Waals surface area contributed by atoms with Gasteiger partial charge in [-0.05, 0) is 51.8 Å². The van der Waals surface area contributed by atoms with Gasteiger partial charge in [0.1, 0.15) is 18.7 Å². The highest BCUT2D eigenvalue weighted by molar-refractivity contribution is 14.1. The molecule has 0 heterocycles. The van der Waals surface area contributed by atoms with Crippen LogP contribution in [-0.2, 0) is 27.4 Å². The van der Waals surface area contributed by atoms with E-state index in [1.807, 2.05) is 54.6 Å². The average molecular weight is 523 g/mol. The molecular formula is C22H26IN3O4. The van der Waals surface area contributed by atoms with Gasteiger partial charge in [-0.3, -0.25) is 9.59 Å². The van der Waals surface area contributed by atoms with Crippen molar-refractivity contribution in [2.75, 3.05) is 0 Å². The summed E-state index contributed by atoms with van der Waals surface area (Å²) in [6.07, 6.45) is -0.442. The molecule has 2 aromatic rings. The molecule has 0 fully saturated rings. The molecular weight excluding hydrogens is 497 g/mol. The van der Waals surface area contributed by atoms with E-state index in [-0.39, 0.29) is 18.9 Å². The van der Waals surface area contributed by atoms with Crippen molar-refractivity contribution < 1.29 is 19.1 Å². The molecule has 3 amide bonds.